The van der Waals surface area contributed by atoms with Crippen LogP contribution in [0, 0.1) is 11.3 Å². The van der Waals surface area contributed by atoms with E-state index in [4.69, 9.17) is 4.52 Å². The summed E-state index contributed by atoms with van der Waals surface area (Å²) in [7, 11) is -0.347. The highest BCUT2D eigenvalue weighted by Crippen LogP contribution is 2.63. The smallest absolute Gasteiger partial charge is 0.327 e. The summed E-state index contributed by atoms with van der Waals surface area (Å²) in [6, 6.07) is 0. The molecule has 12 heavy (non-hydrogen) atoms. The lowest BCUT2D eigenvalue weighted by atomic mass is 10.0. The Labute approximate surface area is 71.8 Å². The molecule has 5 heteroatoms. The van der Waals surface area contributed by atoms with Crippen LogP contribution in [0.25, 0.3) is 0 Å². The van der Waals surface area contributed by atoms with Gasteiger partial charge in [0.2, 0.25) is 0 Å². The summed E-state index contributed by atoms with van der Waals surface area (Å²) in [4.78, 5) is 0. The van der Waals surface area contributed by atoms with Gasteiger partial charge in [0, 0.05) is 5.41 Å². The van der Waals surface area contributed by atoms with Crippen molar-refractivity contribution < 1.29 is 19.3 Å². The topological polar surface area (TPSA) is 66.8 Å². The molecule has 68 valence electrons. The third-order valence-electron chi connectivity index (χ3n) is 3.14. The Hall–Kier alpha value is -0.0200. The zero-order valence-corrected chi connectivity index (χ0v) is 7.41. The molecule has 4 unspecified atom stereocenters. The van der Waals surface area contributed by atoms with Gasteiger partial charge in [-0.25, -0.2) is 4.57 Å². The first-order chi connectivity index (χ1) is 5.70. The predicted molar refractivity (Wildman–Crippen MR) is 40.7 cm³/mol. The summed E-state index contributed by atoms with van der Waals surface area (Å²) in [6.45, 7) is 0.293. The molecular formula is C7H11O4P. The van der Waals surface area contributed by atoms with Crippen LogP contribution in [0.2, 0.25) is 0 Å². The highest BCUT2D eigenvalue weighted by molar-refractivity contribution is 7.17. The molecule has 0 aromatic carbocycles. The molecule has 0 radical (unpaired) electrons. The second-order valence-electron chi connectivity index (χ2n) is 3.73. The van der Waals surface area contributed by atoms with Gasteiger partial charge in [-0.05, 0) is 18.8 Å². The van der Waals surface area contributed by atoms with E-state index in [0.29, 0.717) is 18.9 Å². The molecule has 0 bridgehead atoms. The van der Waals surface area contributed by atoms with Crippen molar-refractivity contribution >= 4 is 8.69 Å². The van der Waals surface area contributed by atoms with E-state index in [-0.39, 0.29) is 14.1 Å². The number of aliphatic hydroxyl groups excluding tert-OH is 2. The number of aliphatic hydroxyl groups is 2. The molecule has 2 saturated carbocycles. The molecule has 2 N–H and O–H groups in total. The van der Waals surface area contributed by atoms with Crippen molar-refractivity contribution in [1.82, 2.24) is 0 Å². The molecule has 2 aliphatic rings. The first-order valence-corrected chi connectivity index (χ1v) is 4.74. The molecule has 0 saturated heterocycles. The Morgan fingerprint density at radius 3 is 2.83 bits per heavy atom. The van der Waals surface area contributed by atoms with Crippen molar-refractivity contribution in [3.63, 3.8) is 0 Å². The average molecular weight is 190 g/mol. The van der Waals surface area contributed by atoms with Gasteiger partial charge >= 0.3 is 8.69 Å². The van der Waals surface area contributed by atoms with Crippen LogP contribution in [-0.2, 0) is 9.09 Å². The quantitative estimate of drug-likeness (QED) is 0.630. The van der Waals surface area contributed by atoms with Crippen LogP contribution >= 0.6 is 8.69 Å². The summed E-state index contributed by atoms with van der Waals surface area (Å²) in [5, 5.41) is 18.8. The maximum atomic E-state index is 10.0. The predicted octanol–water partition coefficient (Wildman–Crippen LogP) is 0.341. The minimum atomic E-state index is -0.691. The van der Waals surface area contributed by atoms with Crippen LogP contribution in [0.4, 0.5) is 0 Å². The van der Waals surface area contributed by atoms with Crippen LogP contribution in [0.15, 0.2) is 0 Å². The lowest BCUT2D eigenvalue weighted by Gasteiger charge is -2.19. The Balaban J connectivity index is 2.00. The molecule has 0 aromatic heterocycles. The van der Waals surface area contributed by atoms with E-state index < -0.39 is 12.2 Å². The van der Waals surface area contributed by atoms with E-state index >= 15 is 0 Å². The fraction of sp³-hybridized carbons (Fsp3) is 1.00. The van der Waals surface area contributed by atoms with Crippen LogP contribution in [-0.4, -0.2) is 29.0 Å². The molecule has 4 nitrogen and oxygen atoms in total. The van der Waals surface area contributed by atoms with Crippen molar-refractivity contribution in [2.45, 2.75) is 25.0 Å². The molecule has 0 aromatic rings. The molecule has 2 fully saturated rings. The number of rotatable bonds is 3. The third kappa shape index (κ3) is 1.03. The minimum absolute atomic E-state index is 0.281. The Kier molecular flexibility index (Phi) is 1.96. The molecule has 4 atom stereocenters. The first kappa shape index (κ1) is 8.57. The van der Waals surface area contributed by atoms with Crippen molar-refractivity contribution in [3.05, 3.63) is 0 Å². The van der Waals surface area contributed by atoms with Gasteiger partial charge < -0.3 is 10.2 Å². The zero-order valence-electron chi connectivity index (χ0n) is 6.51. The Bertz CT molecular complexity index is 210. The molecule has 0 heterocycles. The third-order valence-corrected chi connectivity index (χ3v) is 3.38. The number of fused-ring (bicyclic) bond motifs is 1. The van der Waals surface area contributed by atoms with Gasteiger partial charge in [0.05, 0.1) is 18.8 Å². The lowest BCUT2D eigenvalue weighted by Crippen LogP contribution is -2.32. The monoisotopic (exact) mass is 190 g/mol. The van der Waals surface area contributed by atoms with Crippen LogP contribution in [0.3, 0.4) is 0 Å². The van der Waals surface area contributed by atoms with Crippen LogP contribution < -0.4 is 0 Å². The van der Waals surface area contributed by atoms with Gasteiger partial charge in [0.25, 0.3) is 0 Å². The van der Waals surface area contributed by atoms with Crippen molar-refractivity contribution in [2.75, 3.05) is 6.61 Å². The lowest BCUT2D eigenvalue weighted by molar-refractivity contribution is -0.0138. The fourth-order valence-corrected chi connectivity index (χ4v) is 2.59. The summed E-state index contributed by atoms with van der Waals surface area (Å²) in [5.74, 6) is 0.365. The summed E-state index contributed by atoms with van der Waals surface area (Å²) < 4.78 is 14.8. The number of hydrogen-bond acceptors (Lipinski definition) is 4. The van der Waals surface area contributed by atoms with Crippen molar-refractivity contribution in [3.8, 4) is 0 Å². The highest BCUT2D eigenvalue weighted by atomic mass is 31.1. The molecule has 2 rings (SSSR count). The maximum Gasteiger partial charge on any atom is 0.327 e. The second kappa shape index (κ2) is 2.74. The van der Waals surface area contributed by atoms with E-state index in [9.17, 15) is 14.8 Å². The van der Waals surface area contributed by atoms with E-state index in [2.05, 4.69) is 0 Å². The van der Waals surface area contributed by atoms with Crippen LogP contribution in [0.1, 0.15) is 12.8 Å². The van der Waals surface area contributed by atoms with E-state index in [1.54, 1.807) is 0 Å². The largest absolute Gasteiger partial charge is 0.390 e. The second-order valence-corrected chi connectivity index (χ2v) is 4.14. The standard InChI is InChI=1S/C7H11O4P/c8-5-1-4-2-7(4,6(5)9)3-11-12-10/h4-6,8-9H,1-3H2. The number of hydrogen-bond donors (Lipinski definition) is 2. The Morgan fingerprint density at radius 1 is 1.58 bits per heavy atom. The van der Waals surface area contributed by atoms with Crippen molar-refractivity contribution in [1.29, 1.82) is 0 Å². The fourth-order valence-electron chi connectivity index (χ4n) is 2.29. The van der Waals surface area contributed by atoms with Crippen molar-refractivity contribution in [2.24, 2.45) is 11.3 Å². The van der Waals surface area contributed by atoms with E-state index in [1.807, 2.05) is 0 Å². The van der Waals surface area contributed by atoms with Gasteiger partial charge in [0.15, 0.2) is 0 Å². The first-order valence-electron chi connectivity index (χ1n) is 4.01. The van der Waals surface area contributed by atoms with Gasteiger partial charge in [-0.2, -0.15) is 0 Å². The zero-order chi connectivity index (χ0) is 8.77. The van der Waals surface area contributed by atoms with E-state index in [0.717, 1.165) is 6.42 Å². The summed E-state index contributed by atoms with van der Waals surface area (Å²) in [6.07, 6.45) is 0.237. The minimum Gasteiger partial charge on any atom is -0.390 e. The maximum absolute atomic E-state index is 10.0. The normalized spacial score (nSPS) is 51.0. The van der Waals surface area contributed by atoms with Gasteiger partial charge in [-0.3, -0.25) is 4.52 Å². The average Bonchev–Trinajstić information content (AvgIpc) is 2.69. The van der Waals surface area contributed by atoms with Crippen LogP contribution in [0.5, 0.6) is 0 Å². The molecule has 0 aliphatic heterocycles. The van der Waals surface area contributed by atoms with Gasteiger partial charge in [-0.1, -0.05) is 0 Å². The van der Waals surface area contributed by atoms with Gasteiger partial charge in [-0.15, -0.1) is 0 Å². The summed E-state index contributed by atoms with van der Waals surface area (Å²) in [5.41, 5.74) is -0.281. The van der Waals surface area contributed by atoms with E-state index in [1.165, 1.54) is 0 Å². The molecule has 0 spiro atoms. The Morgan fingerprint density at radius 2 is 2.33 bits per heavy atom. The van der Waals surface area contributed by atoms with Gasteiger partial charge in [0.1, 0.15) is 0 Å². The molecular weight excluding hydrogens is 179 g/mol. The SMILES string of the molecule is O=POCC12CC1CC(O)C2O. The molecule has 0 amide bonds. The highest BCUT2D eigenvalue weighted by Gasteiger charge is 2.66. The summed E-state index contributed by atoms with van der Waals surface area (Å²) >= 11 is 0. The molecule has 2 aliphatic carbocycles.